The molecule has 0 radical (unpaired) electrons. The molecule has 0 aliphatic heterocycles. The first kappa shape index (κ1) is 25.3. The third-order valence-electron chi connectivity index (χ3n) is 4.15. The second kappa shape index (κ2) is 12.2. The van der Waals surface area contributed by atoms with Crippen LogP contribution in [0.5, 0.6) is 0 Å². The Morgan fingerprint density at radius 1 is 0.771 bits per heavy atom. The van der Waals surface area contributed by atoms with E-state index in [9.17, 15) is 14.4 Å². The highest BCUT2D eigenvalue weighted by Crippen LogP contribution is 2.28. The van der Waals surface area contributed by atoms with E-state index < -0.39 is 5.91 Å². The zero-order valence-corrected chi connectivity index (χ0v) is 21.7. The number of ketones is 1. The predicted molar refractivity (Wildman–Crippen MR) is 140 cm³/mol. The maximum absolute atomic E-state index is 12.3. The molecule has 178 valence electrons. The Morgan fingerprint density at radius 3 is 2.06 bits per heavy atom. The number of hydrogen-bond donors (Lipinski definition) is 2. The summed E-state index contributed by atoms with van der Waals surface area (Å²) in [5.41, 5.74) is 0.968. The Balaban J connectivity index is 1.22. The van der Waals surface area contributed by atoms with E-state index in [1.165, 1.54) is 34.9 Å². The number of carbonyl (C=O) groups is 3. The molecule has 0 saturated heterocycles. The monoisotopic (exact) mass is 562 g/mol. The number of halogens is 1. The van der Waals surface area contributed by atoms with E-state index in [1.807, 2.05) is 18.2 Å². The van der Waals surface area contributed by atoms with E-state index in [-0.39, 0.29) is 23.2 Å². The lowest BCUT2D eigenvalue weighted by molar-refractivity contribution is -0.113. The van der Waals surface area contributed by atoms with Crippen LogP contribution in [0, 0.1) is 0 Å². The van der Waals surface area contributed by atoms with Gasteiger partial charge in [0.1, 0.15) is 0 Å². The molecule has 4 rings (SSSR count). The average molecular weight is 563 g/mol. The lowest BCUT2D eigenvalue weighted by atomic mass is 10.2. The number of hydrogen-bond acceptors (Lipinski definition) is 11. The quantitative estimate of drug-likeness (QED) is 0.156. The molecule has 0 unspecified atom stereocenters. The molecule has 2 amide bonds. The van der Waals surface area contributed by atoms with Crippen molar-refractivity contribution < 1.29 is 14.4 Å². The van der Waals surface area contributed by atoms with Crippen molar-refractivity contribution in [3.8, 4) is 0 Å². The maximum Gasteiger partial charge on any atom is 0.259 e. The molecule has 9 nitrogen and oxygen atoms in total. The third-order valence-corrected chi connectivity index (χ3v) is 8.42. The lowest BCUT2D eigenvalue weighted by Crippen LogP contribution is -2.13. The molecular weight excluding hydrogens is 548 g/mol. The number of amides is 2. The predicted octanol–water partition coefficient (Wildman–Crippen LogP) is 5.00. The van der Waals surface area contributed by atoms with Crippen LogP contribution in [0.4, 0.5) is 10.3 Å². The summed E-state index contributed by atoms with van der Waals surface area (Å²) in [6.45, 7) is 0. The minimum Gasteiger partial charge on any atom is -0.300 e. The summed E-state index contributed by atoms with van der Waals surface area (Å²) in [6, 6.07) is 15.7. The fraction of sp³-hybridized carbons (Fsp3) is 0.0952. The van der Waals surface area contributed by atoms with Crippen molar-refractivity contribution >= 4 is 85.7 Å². The second-order valence-electron chi connectivity index (χ2n) is 6.59. The summed E-state index contributed by atoms with van der Waals surface area (Å²) >= 11 is 10.8. The molecule has 14 heteroatoms. The fourth-order valence-electron chi connectivity index (χ4n) is 2.56. The number of Topliss-reactive ketones (excluding diaryl/α,β-unsaturated/α-hetero) is 1. The highest BCUT2D eigenvalue weighted by atomic mass is 35.5. The van der Waals surface area contributed by atoms with Crippen molar-refractivity contribution in [1.29, 1.82) is 0 Å². The van der Waals surface area contributed by atoms with Crippen LogP contribution < -0.4 is 10.6 Å². The van der Waals surface area contributed by atoms with Gasteiger partial charge in [0, 0.05) is 5.56 Å². The van der Waals surface area contributed by atoms with E-state index in [2.05, 4.69) is 31.0 Å². The van der Waals surface area contributed by atoms with Gasteiger partial charge in [-0.2, -0.15) is 0 Å². The Bertz CT molecular complexity index is 1350. The number of nitrogens with one attached hydrogen (secondary N) is 2. The van der Waals surface area contributed by atoms with E-state index in [0.717, 1.165) is 11.3 Å². The summed E-state index contributed by atoms with van der Waals surface area (Å²) in [6.07, 6.45) is 0. The smallest absolute Gasteiger partial charge is 0.259 e. The Hall–Kier alpha value is -2.84. The van der Waals surface area contributed by atoms with Crippen LogP contribution in [0.2, 0.25) is 5.02 Å². The summed E-state index contributed by atoms with van der Waals surface area (Å²) in [5, 5.41) is 22.1. The first-order valence-electron chi connectivity index (χ1n) is 9.84. The van der Waals surface area contributed by atoms with Crippen molar-refractivity contribution in [2.75, 3.05) is 22.1 Å². The first-order chi connectivity index (χ1) is 17.0. The number of carbonyl (C=O) groups excluding carboxylic acids is 3. The molecule has 35 heavy (non-hydrogen) atoms. The summed E-state index contributed by atoms with van der Waals surface area (Å²) < 4.78 is 1.10. The van der Waals surface area contributed by atoms with Crippen LogP contribution in [-0.2, 0) is 4.79 Å². The van der Waals surface area contributed by atoms with E-state index >= 15 is 0 Å². The lowest BCUT2D eigenvalue weighted by Gasteiger charge is -2.02. The highest BCUT2D eigenvalue weighted by Gasteiger charge is 2.15. The van der Waals surface area contributed by atoms with Crippen molar-refractivity contribution in [1.82, 2.24) is 20.4 Å². The number of aromatic nitrogens is 4. The standard InChI is InChI=1S/C21H15ClN6O3S4/c22-14-9-5-4-8-13(14)17(31)24-19-26-28-21(35-19)33-11-16(30)23-18-25-27-20(34-18)32-10-15(29)12-6-2-1-3-7-12/h1-9H,10-11H2,(H,23,25,30)(H,24,26,31). The minimum absolute atomic E-state index is 0.00716. The molecule has 0 atom stereocenters. The van der Waals surface area contributed by atoms with Crippen LogP contribution in [0.3, 0.4) is 0 Å². The molecule has 4 aromatic rings. The average Bonchev–Trinajstić information content (AvgIpc) is 3.51. The van der Waals surface area contributed by atoms with Crippen LogP contribution in [-0.4, -0.2) is 49.5 Å². The van der Waals surface area contributed by atoms with Gasteiger partial charge >= 0.3 is 0 Å². The SMILES string of the molecule is O=C(CSc1nnc(NC(=O)c2ccccc2Cl)s1)Nc1nnc(SCC(=O)c2ccccc2)s1. The van der Waals surface area contributed by atoms with Gasteiger partial charge in [-0.15, -0.1) is 20.4 Å². The number of rotatable bonds is 10. The van der Waals surface area contributed by atoms with Crippen LogP contribution in [0.15, 0.2) is 63.3 Å². The van der Waals surface area contributed by atoms with Gasteiger partial charge in [-0.25, -0.2) is 0 Å². The molecular formula is C21H15ClN6O3S4. The zero-order valence-electron chi connectivity index (χ0n) is 17.6. The van der Waals surface area contributed by atoms with E-state index in [0.29, 0.717) is 35.1 Å². The molecule has 0 aliphatic rings. The van der Waals surface area contributed by atoms with Gasteiger partial charge in [-0.3, -0.25) is 25.0 Å². The number of nitrogens with zero attached hydrogens (tertiary/aromatic N) is 4. The van der Waals surface area contributed by atoms with Gasteiger partial charge in [-0.1, -0.05) is 100 Å². The molecule has 2 aromatic carbocycles. The van der Waals surface area contributed by atoms with Crippen LogP contribution in [0.25, 0.3) is 0 Å². The van der Waals surface area contributed by atoms with Gasteiger partial charge in [-0.05, 0) is 12.1 Å². The van der Waals surface area contributed by atoms with E-state index in [4.69, 9.17) is 11.6 Å². The molecule has 0 fully saturated rings. The van der Waals surface area contributed by atoms with Gasteiger partial charge in [0.25, 0.3) is 5.91 Å². The number of anilines is 2. The van der Waals surface area contributed by atoms with Crippen molar-refractivity contribution in [3.05, 3.63) is 70.7 Å². The number of thioether (sulfide) groups is 2. The number of benzene rings is 2. The maximum atomic E-state index is 12.3. The molecule has 0 spiro atoms. The van der Waals surface area contributed by atoms with Crippen molar-refractivity contribution in [3.63, 3.8) is 0 Å². The van der Waals surface area contributed by atoms with Gasteiger partial charge in [0.05, 0.1) is 22.1 Å². The topological polar surface area (TPSA) is 127 Å². The molecule has 2 N–H and O–H groups in total. The molecule has 0 aliphatic carbocycles. The minimum atomic E-state index is -0.392. The van der Waals surface area contributed by atoms with Gasteiger partial charge < -0.3 is 0 Å². The summed E-state index contributed by atoms with van der Waals surface area (Å²) in [7, 11) is 0. The fourth-order valence-corrected chi connectivity index (χ4v) is 6.00. The second-order valence-corrected chi connectivity index (χ2v) is 11.4. The zero-order chi connectivity index (χ0) is 24.6. The summed E-state index contributed by atoms with van der Waals surface area (Å²) in [4.78, 5) is 36.8. The molecule has 0 bridgehead atoms. The van der Waals surface area contributed by atoms with E-state index in [1.54, 1.807) is 36.4 Å². The third kappa shape index (κ3) is 7.32. The molecule has 2 heterocycles. The van der Waals surface area contributed by atoms with Crippen LogP contribution in [0.1, 0.15) is 20.7 Å². The largest absolute Gasteiger partial charge is 0.300 e. The summed E-state index contributed by atoms with van der Waals surface area (Å²) in [5.74, 6) is -0.389. The first-order valence-corrected chi connectivity index (χ1v) is 13.8. The Labute approximate surface area is 221 Å². The highest BCUT2D eigenvalue weighted by molar-refractivity contribution is 8.02. The van der Waals surface area contributed by atoms with Crippen LogP contribution >= 0.6 is 57.8 Å². The normalized spacial score (nSPS) is 10.7. The molecule has 0 saturated carbocycles. The Morgan fingerprint density at radius 2 is 1.37 bits per heavy atom. The van der Waals surface area contributed by atoms with Gasteiger partial charge in [0.2, 0.25) is 16.2 Å². The van der Waals surface area contributed by atoms with Crippen molar-refractivity contribution in [2.45, 2.75) is 8.68 Å². The van der Waals surface area contributed by atoms with Gasteiger partial charge in [0.15, 0.2) is 14.5 Å². The Kier molecular flexibility index (Phi) is 8.82. The van der Waals surface area contributed by atoms with Crippen molar-refractivity contribution in [2.24, 2.45) is 0 Å². The molecule has 2 aromatic heterocycles.